The van der Waals surface area contributed by atoms with E-state index >= 15 is 0 Å². The summed E-state index contributed by atoms with van der Waals surface area (Å²) in [5.74, 6) is 0. The van der Waals surface area contributed by atoms with E-state index in [0.29, 0.717) is 0 Å². The van der Waals surface area contributed by atoms with Crippen LogP contribution in [0.25, 0.3) is 0 Å². The molecule has 0 aromatic carbocycles. The molecule has 0 fully saturated rings. The Hall–Kier alpha value is -0.560. The zero-order chi connectivity index (χ0) is 7.98. The van der Waals surface area contributed by atoms with E-state index in [1.807, 2.05) is 13.8 Å². The van der Waals surface area contributed by atoms with E-state index in [0.717, 1.165) is 13.1 Å². The van der Waals surface area contributed by atoms with Crippen molar-refractivity contribution in [3.8, 4) is 0 Å². The predicted molar refractivity (Wildman–Crippen MR) is 47.1 cm³/mol. The Bertz CT molecular complexity index is 125. The molecule has 0 aromatic rings. The summed E-state index contributed by atoms with van der Waals surface area (Å²) in [6, 6.07) is 0. The third-order valence-corrected chi connectivity index (χ3v) is 1.19. The van der Waals surface area contributed by atoms with Gasteiger partial charge in [-0.2, -0.15) is 0 Å². The largest absolute Gasteiger partial charge is 0.299 e. The summed E-state index contributed by atoms with van der Waals surface area (Å²) in [6.45, 7) is 9.93. The maximum absolute atomic E-state index is 3.84. The van der Waals surface area contributed by atoms with Gasteiger partial charge in [-0.15, -0.1) is 0 Å². The lowest BCUT2D eigenvalue weighted by Gasteiger charge is -2.13. The van der Waals surface area contributed by atoms with E-state index in [1.165, 1.54) is 5.57 Å². The third-order valence-electron chi connectivity index (χ3n) is 1.19. The van der Waals surface area contributed by atoms with Crippen LogP contribution >= 0.6 is 0 Å². The molecule has 0 aliphatic carbocycles. The Balaban J connectivity index is 3.43. The highest BCUT2D eigenvalue weighted by Crippen LogP contribution is 1.91. The Labute approximate surface area is 64.0 Å². The first-order valence-corrected chi connectivity index (χ1v) is 3.61. The van der Waals surface area contributed by atoms with Crippen molar-refractivity contribution in [1.29, 1.82) is 0 Å². The fraction of sp³-hybridized carbons (Fsp3) is 0.556. The first-order valence-electron chi connectivity index (χ1n) is 3.61. The Kier molecular flexibility index (Phi) is 4.95. The molecule has 10 heavy (non-hydrogen) atoms. The Morgan fingerprint density at radius 3 is 2.60 bits per heavy atom. The van der Waals surface area contributed by atoms with Gasteiger partial charge in [0.15, 0.2) is 0 Å². The summed E-state index contributed by atoms with van der Waals surface area (Å²) < 4.78 is 0. The standard InChI is InChI=1S/C9H17N/c1-5-6-7-10(4)8-9(2)3/h5-6H,2,7-8H2,1,3-4H3/b6-5+. The van der Waals surface area contributed by atoms with Gasteiger partial charge in [-0.05, 0) is 20.9 Å². The van der Waals surface area contributed by atoms with Crippen molar-refractivity contribution in [2.24, 2.45) is 0 Å². The molecular formula is C9H17N. The lowest BCUT2D eigenvalue weighted by Crippen LogP contribution is -2.19. The average Bonchev–Trinajstić information content (AvgIpc) is 1.82. The predicted octanol–water partition coefficient (Wildman–Crippen LogP) is 2.07. The van der Waals surface area contributed by atoms with Gasteiger partial charge in [0.05, 0.1) is 0 Å². The second-order valence-electron chi connectivity index (χ2n) is 2.72. The minimum atomic E-state index is 0.990. The van der Waals surface area contributed by atoms with Crippen LogP contribution in [0.15, 0.2) is 24.3 Å². The molecule has 1 nitrogen and oxygen atoms in total. The summed E-state index contributed by atoms with van der Waals surface area (Å²) in [6.07, 6.45) is 4.21. The molecule has 0 bridgehead atoms. The van der Waals surface area contributed by atoms with Gasteiger partial charge < -0.3 is 0 Å². The number of allylic oxidation sites excluding steroid dienone is 1. The zero-order valence-corrected chi connectivity index (χ0v) is 7.22. The fourth-order valence-electron chi connectivity index (χ4n) is 0.811. The van der Waals surface area contributed by atoms with Crippen molar-refractivity contribution < 1.29 is 0 Å². The lowest BCUT2D eigenvalue weighted by molar-refractivity contribution is 0.403. The van der Waals surface area contributed by atoms with Crippen LogP contribution in [0.2, 0.25) is 0 Å². The highest BCUT2D eigenvalue weighted by molar-refractivity contribution is 4.92. The molecule has 0 aliphatic rings. The summed E-state index contributed by atoms with van der Waals surface area (Å²) >= 11 is 0. The highest BCUT2D eigenvalue weighted by atomic mass is 15.1. The quantitative estimate of drug-likeness (QED) is 0.539. The van der Waals surface area contributed by atoms with Gasteiger partial charge in [-0.25, -0.2) is 0 Å². The molecule has 0 unspecified atom stereocenters. The van der Waals surface area contributed by atoms with Gasteiger partial charge in [-0.1, -0.05) is 24.3 Å². The first kappa shape index (κ1) is 9.44. The molecule has 0 spiro atoms. The topological polar surface area (TPSA) is 3.24 Å². The molecule has 58 valence electrons. The van der Waals surface area contributed by atoms with Crippen molar-refractivity contribution in [2.75, 3.05) is 20.1 Å². The minimum Gasteiger partial charge on any atom is -0.299 e. The van der Waals surface area contributed by atoms with Gasteiger partial charge in [0.1, 0.15) is 0 Å². The lowest BCUT2D eigenvalue weighted by atomic mass is 10.3. The Morgan fingerprint density at radius 2 is 2.20 bits per heavy atom. The molecule has 0 aliphatic heterocycles. The average molecular weight is 139 g/mol. The number of hydrogen-bond donors (Lipinski definition) is 0. The van der Waals surface area contributed by atoms with E-state index in [9.17, 15) is 0 Å². The molecule has 0 saturated carbocycles. The number of hydrogen-bond acceptors (Lipinski definition) is 1. The molecule has 0 saturated heterocycles. The number of likely N-dealkylation sites (N-methyl/N-ethyl adjacent to an activating group) is 1. The second-order valence-corrected chi connectivity index (χ2v) is 2.72. The molecular weight excluding hydrogens is 122 g/mol. The van der Waals surface area contributed by atoms with Crippen LogP contribution in [0.3, 0.4) is 0 Å². The van der Waals surface area contributed by atoms with E-state index < -0.39 is 0 Å². The van der Waals surface area contributed by atoms with Crippen molar-refractivity contribution in [3.05, 3.63) is 24.3 Å². The molecule has 0 N–H and O–H groups in total. The van der Waals surface area contributed by atoms with Crippen LogP contribution in [0, 0.1) is 0 Å². The van der Waals surface area contributed by atoms with Crippen molar-refractivity contribution >= 4 is 0 Å². The van der Waals surface area contributed by atoms with Crippen LogP contribution in [0.4, 0.5) is 0 Å². The van der Waals surface area contributed by atoms with Crippen LogP contribution in [-0.2, 0) is 0 Å². The summed E-state index contributed by atoms with van der Waals surface area (Å²) in [4.78, 5) is 2.22. The maximum atomic E-state index is 3.84. The Morgan fingerprint density at radius 1 is 1.60 bits per heavy atom. The highest BCUT2D eigenvalue weighted by Gasteiger charge is 1.92. The van der Waals surface area contributed by atoms with Crippen LogP contribution < -0.4 is 0 Å². The van der Waals surface area contributed by atoms with Gasteiger partial charge in [-0.3, -0.25) is 4.90 Å². The summed E-state index contributed by atoms with van der Waals surface area (Å²) in [7, 11) is 2.09. The van der Waals surface area contributed by atoms with Crippen molar-refractivity contribution in [2.45, 2.75) is 13.8 Å². The first-order chi connectivity index (χ1) is 4.66. The van der Waals surface area contributed by atoms with Crippen LogP contribution in [0.5, 0.6) is 0 Å². The molecule has 0 heterocycles. The van der Waals surface area contributed by atoms with Gasteiger partial charge in [0.2, 0.25) is 0 Å². The van der Waals surface area contributed by atoms with E-state index in [-0.39, 0.29) is 0 Å². The molecule has 0 rings (SSSR count). The SMILES string of the molecule is C=C(C)CN(C)C/C=C/C. The maximum Gasteiger partial charge on any atom is 0.0187 e. The molecule has 0 aromatic heterocycles. The molecule has 0 atom stereocenters. The monoisotopic (exact) mass is 139 g/mol. The third kappa shape index (κ3) is 5.57. The van der Waals surface area contributed by atoms with Gasteiger partial charge in [0, 0.05) is 13.1 Å². The molecule has 0 radical (unpaired) electrons. The number of nitrogens with zero attached hydrogens (tertiary/aromatic N) is 1. The van der Waals surface area contributed by atoms with E-state index in [2.05, 4.69) is 30.7 Å². The summed E-state index contributed by atoms with van der Waals surface area (Å²) in [5.41, 5.74) is 1.21. The number of rotatable bonds is 4. The van der Waals surface area contributed by atoms with Crippen LogP contribution in [0.1, 0.15) is 13.8 Å². The minimum absolute atomic E-state index is 0.990. The fourth-order valence-corrected chi connectivity index (χ4v) is 0.811. The smallest absolute Gasteiger partial charge is 0.0187 e. The van der Waals surface area contributed by atoms with Crippen LogP contribution in [-0.4, -0.2) is 25.0 Å². The van der Waals surface area contributed by atoms with E-state index in [1.54, 1.807) is 0 Å². The summed E-state index contributed by atoms with van der Waals surface area (Å²) in [5, 5.41) is 0. The van der Waals surface area contributed by atoms with Gasteiger partial charge >= 0.3 is 0 Å². The van der Waals surface area contributed by atoms with Gasteiger partial charge in [0.25, 0.3) is 0 Å². The normalized spacial score (nSPS) is 11.2. The zero-order valence-electron chi connectivity index (χ0n) is 7.22. The van der Waals surface area contributed by atoms with Crippen molar-refractivity contribution in [1.82, 2.24) is 4.90 Å². The second kappa shape index (κ2) is 5.24. The molecule has 0 amide bonds. The molecule has 1 heteroatoms. The van der Waals surface area contributed by atoms with Crippen molar-refractivity contribution in [3.63, 3.8) is 0 Å². The van der Waals surface area contributed by atoms with E-state index in [4.69, 9.17) is 0 Å².